The Morgan fingerprint density at radius 2 is 2.00 bits per heavy atom. The molecule has 0 saturated heterocycles. The number of alkyl halides is 1. The first-order valence-electron chi connectivity index (χ1n) is 5.13. The summed E-state index contributed by atoms with van der Waals surface area (Å²) in [5.74, 6) is 0.766. The predicted octanol–water partition coefficient (Wildman–Crippen LogP) is 1.63. The highest BCUT2D eigenvalue weighted by Crippen LogP contribution is 2.35. The van der Waals surface area contributed by atoms with Crippen LogP contribution in [0.25, 0.3) is 0 Å². The van der Waals surface area contributed by atoms with Crippen LogP contribution < -0.4 is 4.72 Å². The summed E-state index contributed by atoms with van der Waals surface area (Å²) in [6.07, 6.45) is 5.26. The Labute approximate surface area is 93.8 Å². The van der Waals surface area contributed by atoms with Crippen molar-refractivity contribution in [2.45, 2.75) is 37.6 Å². The third-order valence-electron chi connectivity index (χ3n) is 3.09. The van der Waals surface area contributed by atoms with Gasteiger partial charge in [0.25, 0.3) is 0 Å². The third-order valence-corrected chi connectivity index (χ3v) is 5.82. The molecule has 3 nitrogen and oxygen atoms in total. The predicted molar refractivity (Wildman–Crippen MR) is 60.0 cm³/mol. The zero-order valence-corrected chi connectivity index (χ0v) is 10.5. The van der Waals surface area contributed by atoms with Crippen LogP contribution in [0.5, 0.6) is 0 Å². The lowest BCUT2D eigenvalue weighted by Crippen LogP contribution is -2.55. The average molecular weight is 282 g/mol. The summed E-state index contributed by atoms with van der Waals surface area (Å²) in [4.78, 5) is 0. The molecule has 14 heavy (non-hydrogen) atoms. The van der Waals surface area contributed by atoms with Gasteiger partial charge in [-0.15, -0.1) is 0 Å². The van der Waals surface area contributed by atoms with Crippen LogP contribution in [-0.2, 0) is 10.0 Å². The second-order valence-electron chi connectivity index (χ2n) is 4.59. The first kappa shape index (κ1) is 10.9. The van der Waals surface area contributed by atoms with E-state index in [0.717, 1.165) is 37.4 Å². The van der Waals surface area contributed by atoms with Crippen molar-refractivity contribution < 1.29 is 8.42 Å². The van der Waals surface area contributed by atoms with Gasteiger partial charge >= 0.3 is 0 Å². The smallest absolute Gasteiger partial charge is 0.212 e. The van der Waals surface area contributed by atoms with E-state index in [-0.39, 0.29) is 5.54 Å². The minimum atomic E-state index is -3.03. The van der Waals surface area contributed by atoms with Crippen LogP contribution in [0.3, 0.4) is 0 Å². The summed E-state index contributed by atoms with van der Waals surface area (Å²) >= 11 is 3.39. The lowest BCUT2D eigenvalue weighted by atomic mass is 9.80. The molecule has 2 rings (SSSR count). The van der Waals surface area contributed by atoms with Gasteiger partial charge in [-0.05, 0) is 38.0 Å². The number of hydrogen-bond acceptors (Lipinski definition) is 2. The molecule has 0 spiro atoms. The number of nitrogens with one attached hydrogen (secondary N) is 1. The van der Waals surface area contributed by atoms with Crippen molar-refractivity contribution in [2.75, 3.05) is 11.1 Å². The van der Waals surface area contributed by atoms with Crippen LogP contribution in [0.4, 0.5) is 0 Å². The van der Waals surface area contributed by atoms with Crippen LogP contribution in [-0.4, -0.2) is 25.0 Å². The molecular weight excluding hydrogens is 266 g/mol. The topological polar surface area (TPSA) is 46.2 Å². The zero-order valence-electron chi connectivity index (χ0n) is 8.13. The van der Waals surface area contributed by atoms with Gasteiger partial charge in [-0.1, -0.05) is 15.9 Å². The molecule has 0 bridgehead atoms. The van der Waals surface area contributed by atoms with E-state index in [0.29, 0.717) is 11.7 Å². The van der Waals surface area contributed by atoms with E-state index in [4.69, 9.17) is 0 Å². The Morgan fingerprint density at radius 3 is 2.36 bits per heavy atom. The molecule has 5 heteroatoms. The van der Waals surface area contributed by atoms with Gasteiger partial charge in [0.15, 0.2) is 0 Å². The standard InChI is InChI=1S/C9H16BrNO2S/c10-7-9(4-1-5-9)11-14(12,13)6-8-2-3-8/h8,11H,1-7H2. The Bertz CT molecular complexity index is 301. The van der Waals surface area contributed by atoms with Gasteiger partial charge < -0.3 is 0 Å². The molecule has 0 aromatic heterocycles. The van der Waals surface area contributed by atoms with Gasteiger partial charge in [-0.25, -0.2) is 13.1 Å². The van der Waals surface area contributed by atoms with E-state index < -0.39 is 10.0 Å². The molecule has 0 heterocycles. The molecule has 0 aromatic rings. The summed E-state index contributed by atoms with van der Waals surface area (Å²) in [6, 6.07) is 0. The van der Waals surface area contributed by atoms with Crippen molar-refractivity contribution in [2.24, 2.45) is 5.92 Å². The van der Waals surface area contributed by atoms with Crippen molar-refractivity contribution in [3.05, 3.63) is 0 Å². The summed E-state index contributed by atoms with van der Waals surface area (Å²) in [7, 11) is -3.03. The highest BCUT2D eigenvalue weighted by molar-refractivity contribution is 9.09. The number of rotatable bonds is 5. The molecule has 0 amide bonds. The van der Waals surface area contributed by atoms with Gasteiger partial charge in [-0.3, -0.25) is 0 Å². The van der Waals surface area contributed by atoms with E-state index in [1.807, 2.05) is 0 Å². The second kappa shape index (κ2) is 3.76. The lowest BCUT2D eigenvalue weighted by molar-refractivity contribution is 0.256. The summed E-state index contributed by atoms with van der Waals surface area (Å²) in [6.45, 7) is 0. The Morgan fingerprint density at radius 1 is 1.36 bits per heavy atom. The van der Waals surface area contributed by atoms with Crippen molar-refractivity contribution in [3.8, 4) is 0 Å². The largest absolute Gasteiger partial charge is 0.212 e. The van der Waals surface area contributed by atoms with Crippen LogP contribution in [0.1, 0.15) is 32.1 Å². The lowest BCUT2D eigenvalue weighted by Gasteiger charge is -2.40. The molecule has 0 unspecified atom stereocenters. The van der Waals surface area contributed by atoms with E-state index in [9.17, 15) is 8.42 Å². The van der Waals surface area contributed by atoms with E-state index in [1.54, 1.807) is 0 Å². The van der Waals surface area contributed by atoms with Crippen LogP contribution in [0.15, 0.2) is 0 Å². The third kappa shape index (κ3) is 2.49. The van der Waals surface area contributed by atoms with Gasteiger partial charge in [0.05, 0.1) is 5.75 Å². The number of sulfonamides is 1. The van der Waals surface area contributed by atoms with Crippen molar-refractivity contribution in [1.29, 1.82) is 0 Å². The molecular formula is C9H16BrNO2S. The van der Waals surface area contributed by atoms with Crippen molar-refractivity contribution >= 4 is 26.0 Å². The first-order chi connectivity index (χ1) is 6.55. The number of hydrogen-bond donors (Lipinski definition) is 1. The SMILES string of the molecule is O=S(=O)(CC1CC1)NC1(CBr)CCC1. The zero-order chi connectivity index (χ0) is 10.2. The molecule has 2 fully saturated rings. The highest BCUT2D eigenvalue weighted by atomic mass is 79.9. The van der Waals surface area contributed by atoms with E-state index in [2.05, 4.69) is 20.7 Å². The fourth-order valence-corrected chi connectivity index (χ4v) is 4.69. The summed E-state index contributed by atoms with van der Waals surface area (Å²) in [5, 5.41) is 0.740. The maximum Gasteiger partial charge on any atom is 0.212 e. The normalized spacial score (nSPS) is 25.8. The molecule has 0 aliphatic heterocycles. The average Bonchev–Trinajstić information content (AvgIpc) is 2.80. The van der Waals surface area contributed by atoms with Crippen molar-refractivity contribution in [1.82, 2.24) is 4.72 Å². The summed E-state index contributed by atoms with van der Waals surface area (Å²) in [5.41, 5.74) is -0.159. The maximum absolute atomic E-state index is 11.7. The minimum Gasteiger partial charge on any atom is -0.212 e. The number of halogens is 1. The Balaban J connectivity index is 1.93. The van der Waals surface area contributed by atoms with Crippen LogP contribution in [0, 0.1) is 5.92 Å². The van der Waals surface area contributed by atoms with Gasteiger partial charge in [0.1, 0.15) is 0 Å². The minimum absolute atomic E-state index is 0.159. The molecule has 2 aliphatic carbocycles. The molecule has 2 saturated carbocycles. The maximum atomic E-state index is 11.7. The molecule has 0 aromatic carbocycles. The summed E-state index contributed by atoms with van der Waals surface area (Å²) < 4.78 is 26.3. The highest BCUT2D eigenvalue weighted by Gasteiger charge is 2.40. The van der Waals surface area contributed by atoms with E-state index >= 15 is 0 Å². The Kier molecular flexibility index (Phi) is 2.92. The van der Waals surface area contributed by atoms with E-state index in [1.165, 1.54) is 0 Å². The van der Waals surface area contributed by atoms with Gasteiger partial charge in [0, 0.05) is 10.9 Å². The van der Waals surface area contributed by atoms with Crippen LogP contribution in [0.2, 0.25) is 0 Å². The molecule has 1 N–H and O–H groups in total. The second-order valence-corrected chi connectivity index (χ2v) is 6.92. The van der Waals surface area contributed by atoms with Gasteiger partial charge in [0.2, 0.25) is 10.0 Å². The quantitative estimate of drug-likeness (QED) is 0.779. The van der Waals surface area contributed by atoms with Gasteiger partial charge in [-0.2, -0.15) is 0 Å². The molecule has 2 aliphatic rings. The Hall–Kier alpha value is 0.390. The fourth-order valence-electron chi connectivity index (χ4n) is 1.83. The van der Waals surface area contributed by atoms with Crippen LogP contribution >= 0.6 is 15.9 Å². The first-order valence-corrected chi connectivity index (χ1v) is 7.90. The monoisotopic (exact) mass is 281 g/mol. The molecule has 0 radical (unpaired) electrons. The van der Waals surface area contributed by atoms with Crippen molar-refractivity contribution in [3.63, 3.8) is 0 Å². The fraction of sp³-hybridized carbons (Fsp3) is 1.00. The molecule has 82 valence electrons. The molecule has 0 atom stereocenters.